The van der Waals surface area contributed by atoms with E-state index >= 15 is 0 Å². The smallest absolute Gasteiger partial charge is 0.330 e. The molecule has 0 aliphatic heterocycles. The minimum atomic E-state index is -0.597. The number of aliphatic hydroxyl groups is 1. The van der Waals surface area contributed by atoms with Crippen LogP contribution in [0.4, 0.5) is 0 Å². The molecule has 0 bridgehead atoms. The van der Waals surface area contributed by atoms with E-state index in [9.17, 15) is 14.4 Å². The van der Waals surface area contributed by atoms with Crippen LogP contribution in [0.2, 0.25) is 0 Å². The molecule has 7 heteroatoms. The van der Waals surface area contributed by atoms with Gasteiger partial charge < -0.3 is 9.84 Å². The first kappa shape index (κ1) is 14.3. The predicted octanol–water partition coefficient (Wildman–Crippen LogP) is -1.24. The Morgan fingerprint density at radius 2 is 2.06 bits per heavy atom. The Morgan fingerprint density at radius 3 is 2.61 bits per heavy atom. The fraction of sp³-hybridized carbons (Fsp3) is 0.545. The van der Waals surface area contributed by atoms with Crippen LogP contribution in [-0.2, 0) is 18.3 Å². The molecule has 0 aliphatic carbocycles. The van der Waals surface area contributed by atoms with Gasteiger partial charge in [-0.1, -0.05) is 0 Å². The van der Waals surface area contributed by atoms with Crippen molar-refractivity contribution in [1.29, 1.82) is 0 Å². The maximum absolute atomic E-state index is 11.7. The lowest BCUT2D eigenvalue weighted by molar-refractivity contribution is 0.0860. The van der Waals surface area contributed by atoms with Crippen molar-refractivity contribution < 1.29 is 14.6 Å². The molecular formula is C11H16N2O5. The molecule has 7 nitrogen and oxygen atoms in total. The highest BCUT2D eigenvalue weighted by molar-refractivity contribution is 5.93. The maximum Gasteiger partial charge on any atom is 0.330 e. The van der Waals surface area contributed by atoms with E-state index in [1.165, 1.54) is 24.7 Å². The van der Waals surface area contributed by atoms with Gasteiger partial charge >= 0.3 is 5.69 Å². The minimum Gasteiger partial charge on any atom is -0.394 e. The quantitative estimate of drug-likeness (QED) is 0.508. The van der Waals surface area contributed by atoms with E-state index in [0.717, 1.165) is 4.57 Å². The second-order valence-corrected chi connectivity index (χ2v) is 3.78. The largest absolute Gasteiger partial charge is 0.394 e. The Kier molecular flexibility index (Phi) is 4.99. The van der Waals surface area contributed by atoms with Crippen molar-refractivity contribution in [2.45, 2.75) is 13.5 Å². The first-order chi connectivity index (χ1) is 8.49. The van der Waals surface area contributed by atoms with E-state index in [2.05, 4.69) is 0 Å². The molecule has 0 unspecified atom stereocenters. The molecule has 1 aromatic heterocycles. The van der Waals surface area contributed by atoms with E-state index in [4.69, 9.17) is 9.84 Å². The fourth-order valence-electron chi connectivity index (χ4n) is 1.46. The number of aromatic nitrogens is 2. The van der Waals surface area contributed by atoms with E-state index < -0.39 is 11.2 Å². The third-order valence-corrected chi connectivity index (χ3v) is 2.44. The number of Topliss-reactive ketones (excluding diaryl/α,β-unsaturated/α-hetero) is 1. The van der Waals surface area contributed by atoms with E-state index in [1.54, 1.807) is 0 Å². The van der Waals surface area contributed by atoms with Crippen LogP contribution in [0.15, 0.2) is 15.8 Å². The van der Waals surface area contributed by atoms with Gasteiger partial charge in [-0.15, -0.1) is 0 Å². The lowest BCUT2D eigenvalue weighted by Gasteiger charge is -2.09. The number of ether oxygens (including phenoxy) is 1. The summed E-state index contributed by atoms with van der Waals surface area (Å²) in [6.45, 7) is 1.79. The van der Waals surface area contributed by atoms with Gasteiger partial charge in [-0.2, -0.15) is 0 Å². The van der Waals surface area contributed by atoms with Gasteiger partial charge in [0.15, 0.2) is 5.78 Å². The molecule has 1 aromatic rings. The number of aliphatic hydroxyl groups excluding tert-OH is 1. The molecule has 100 valence electrons. The van der Waals surface area contributed by atoms with Crippen LogP contribution >= 0.6 is 0 Å². The van der Waals surface area contributed by atoms with Crippen molar-refractivity contribution in [3.05, 3.63) is 32.6 Å². The Morgan fingerprint density at radius 1 is 1.39 bits per heavy atom. The predicted molar refractivity (Wildman–Crippen MR) is 63.9 cm³/mol. The summed E-state index contributed by atoms with van der Waals surface area (Å²) in [6.07, 6.45) is 1.25. The van der Waals surface area contributed by atoms with Crippen molar-refractivity contribution in [1.82, 2.24) is 9.13 Å². The average molecular weight is 256 g/mol. The van der Waals surface area contributed by atoms with E-state index in [-0.39, 0.29) is 37.7 Å². The third kappa shape index (κ3) is 3.14. The summed E-state index contributed by atoms with van der Waals surface area (Å²) >= 11 is 0. The van der Waals surface area contributed by atoms with Gasteiger partial charge in [0, 0.05) is 13.2 Å². The highest BCUT2D eigenvalue weighted by Gasteiger charge is 2.11. The van der Waals surface area contributed by atoms with Crippen molar-refractivity contribution in [3.63, 3.8) is 0 Å². The standard InChI is InChI=1S/C11H16N2O5/c1-8(15)9-7-13(3-5-18-6-4-14)11(17)12(2)10(9)16/h7,14H,3-6H2,1-2H3. The molecule has 0 aliphatic rings. The van der Waals surface area contributed by atoms with Gasteiger partial charge in [-0.25, -0.2) is 4.79 Å². The first-order valence-electron chi connectivity index (χ1n) is 5.49. The van der Waals surface area contributed by atoms with Crippen LogP contribution in [0, 0.1) is 0 Å². The molecular weight excluding hydrogens is 240 g/mol. The number of rotatable bonds is 6. The van der Waals surface area contributed by atoms with Crippen LogP contribution in [0.25, 0.3) is 0 Å². The fourth-order valence-corrected chi connectivity index (χ4v) is 1.46. The average Bonchev–Trinajstić information content (AvgIpc) is 2.33. The number of ketones is 1. The highest BCUT2D eigenvalue weighted by atomic mass is 16.5. The number of nitrogens with zero attached hydrogens (tertiary/aromatic N) is 2. The third-order valence-electron chi connectivity index (χ3n) is 2.44. The summed E-state index contributed by atoms with van der Waals surface area (Å²) in [5, 5.41) is 8.53. The Balaban J connectivity index is 3.02. The molecule has 0 atom stereocenters. The summed E-state index contributed by atoms with van der Waals surface area (Å²) in [6, 6.07) is 0. The zero-order valence-electron chi connectivity index (χ0n) is 10.4. The molecule has 18 heavy (non-hydrogen) atoms. The SMILES string of the molecule is CC(=O)c1cn(CCOCCO)c(=O)n(C)c1=O. The van der Waals surface area contributed by atoms with Crippen molar-refractivity contribution in [2.75, 3.05) is 19.8 Å². The Hall–Kier alpha value is -1.73. The molecule has 0 radical (unpaired) electrons. The number of carbonyl (C=O) groups is 1. The van der Waals surface area contributed by atoms with Gasteiger partial charge in [-0.05, 0) is 6.92 Å². The van der Waals surface area contributed by atoms with Crippen molar-refractivity contribution >= 4 is 5.78 Å². The maximum atomic E-state index is 11.7. The molecule has 1 rings (SSSR count). The second-order valence-electron chi connectivity index (χ2n) is 3.78. The van der Waals surface area contributed by atoms with Gasteiger partial charge in [-0.3, -0.25) is 18.7 Å². The Labute approximate surface area is 103 Å². The monoisotopic (exact) mass is 256 g/mol. The van der Waals surface area contributed by atoms with Crippen molar-refractivity contribution in [2.24, 2.45) is 7.05 Å². The van der Waals surface area contributed by atoms with Crippen LogP contribution in [0.1, 0.15) is 17.3 Å². The Bertz CT molecular complexity index is 543. The second kappa shape index (κ2) is 6.27. The summed E-state index contributed by atoms with van der Waals surface area (Å²) in [7, 11) is 1.32. The molecule has 0 saturated heterocycles. The number of hydrogen-bond donors (Lipinski definition) is 1. The lowest BCUT2D eigenvalue weighted by Crippen LogP contribution is -2.40. The molecule has 1 N–H and O–H groups in total. The highest BCUT2D eigenvalue weighted by Crippen LogP contribution is 1.91. The molecule has 0 saturated carbocycles. The summed E-state index contributed by atoms with van der Waals surface area (Å²) in [5.74, 6) is -0.388. The summed E-state index contributed by atoms with van der Waals surface area (Å²) in [5.41, 5.74) is -1.13. The minimum absolute atomic E-state index is 0.0285. The van der Waals surface area contributed by atoms with Gasteiger partial charge in [0.05, 0.1) is 31.9 Å². The van der Waals surface area contributed by atoms with Gasteiger partial charge in [0.2, 0.25) is 0 Å². The van der Waals surface area contributed by atoms with Crippen molar-refractivity contribution in [3.8, 4) is 0 Å². The molecule has 0 amide bonds. The topological polar surface area (TPSA) is 90.5 Å². The zero-order chi connectivity index (χ0) is 13.7. The molecule has 1 heterocycles. The zero-order valence-corrected chi connectivity index (χ0v) is 10.4. The molecule has 0 spiro atoms. The number of carbonyl (C=O) groups excluding carboxylic acids is 1. The molecule has 0 fully saturated rings. The van der Waals surface area contributed by atoms with E-state index in [1.807, 2.05) is 0 Å². The van der Waals surface area contributed by atoms with Crippen LogP contribution in [0.5, 0.6) is 0 Å². The lowest BCUT2D eigenvalue weighted by atomic mass is 10.2. The molecule has 0 aromatic carbocycles. The van der Waals surface area contributed by atoms with Crippen LogP contribution in [0.3, 0.4) is 0 Å². The number of hydrogen-bond acceptors (Lipinski definition) is 5. The van der Waals surface area contributed by atoms with Gasteiger partial charge in [0.1, 0.15) is 0 Å². The van der Waals surface area contributed by atoms with Crippen LogP contribution in [-0.4, -0.2) is 39.8 Å². The summed E-state index contributed by atoms with van der Waals surface area (Å²) in [4.78, 5) is 34.6. The van der Waals surface area contributed by atoms with Crippen LogP contribution < -0.4 is 11.2 Å². The van der Waals surface area contributed by atoms with Gasteiger partial charge in [0.25, 0.3) is 5.56 Å². The van der Waals surface area contributed by atoms with E-state index in [0.29, 0.717) is 0 Å². The summed E-state index contributed by atoms with van der Waals surface area (Å²) < 4.78 is 7.17. The first-order valence-corrected chi connectivity index (χ1v) is 5.49. The normalized spacial score (nSPS) is 10.6.